The van der Waals surface area contributed by atoms with Crippen molar-refractivity contribution in [2.75, 3.05) is 26.4 Å². The molecule has 0 saturated carbocycles. The lowest BCUT2D eigenvalue weighted by Gasteiger charge is -2.05. The van der Waals surface area contributed by atoms with Gasteiger partial charge in [0.05, 0.1) is 26.4 Å². The van der Waals surface area contributed by atoms with Crippen molar-refractivity contribution >= 4 is 5.97 Å². The van der Waals surface area contributed by atoms with Crippen LogP contribution < -0.4 is 0 Å². The Kier molecular flexibility index (Phi) is 2.65. The molecule has 0 aromatic rings. The number of ether oxygens (including phenoxy) is 2. The van der Waals surface area contributed by atoms with Gasteiger partial charge in [-0.05, 0) is 0 Å². The number of aliphatic carboxylic acids is 1. The fraction of sp³-hybridized carbons (Fsp3) is 0.833. The van der Waals surface area contributed by atoms with E-state index in [2.05, 4.69) is 0 Å². The molecule has 1 aliphatic rings. The van der Waals surface area contributed by atoms with Gasteiger partial charge in [-0.15, -0.1) is 0 Å². The van der Waals surface area contributed by atoms with Crippen LogP contribution in [0.25, 0.3) is 0 Å². The first-order valence-corrected chi connectivity index (χ1v) is 3.19. The average Bonchev–Trinajstić information content (AvgIpc) is 2.12. The number of carboxylic acid groups (broad SMARTS) is 1. The lowest BCUT2D eigenvalue weighted by atomic mass is 10.2. The third-order valence-electron chi connectivity index (χ3n) is 1.36. The SMILES string of the molecule is O=C(O)C1COCCOC1. The van der Waals surface area contributed by atoms with Gasteiger partial charge in [-0.25, -0.2) is 0 Å². The maximum Gasteiger partial charge on any atom is 0.311 e. The second kappa shape index (κ2) is 3.53. The van der Waals surface area contributed by atoms with Crippen LogP contribution in [0.5, 0.6) is 0 Å². The minimum absolute atomic E-state index is 0.273. The first-order valence-electron chi connectivity index (χ1n) is 3.19. The van der Waals surface area contributed by atoms with Gasteiger partial charge in [-0.3, -0.25) is 4.79 Å². The number of rotatable bonds is 1. The summed E-state index contributed by atoms with van der Waals surface area (Å²) in [6.07, 6.45) is 0. The molecule has 1 fully saturated rings. The first kappa shape index (κ1) is 7.50. The van der Waals surface area contributed by atoms with E-state index in [1.54, 1.807) is 0 Å². The molecule has 0 atom stereocenters. The molecule has 1 aliphatic heterocycles. The summed E-state index contributed by atoms with van der Waals surface area (Å²) in [6.45, 7) is 1.55. The Bertz CT molecular complexity index is 115. The maximum absolute atomic E-state index is 10.3. The van der Waals surface area contributed by atoms with Gasteiger partial charge < -0.3 is 14.6 Å². The normalized spacial score (nSPS) is 22.0. The molecule has 0 aromatic heterocycles. The Morgan fingerprint density at radius 1 is 1.30 bits per heavy atom. The van der Waals surface area contributed by atoms with Crippen LogP contribution in [-0.4, -0.2) is 37.5 Å². The van der Waals surface area contributed by atoms with E-state index in [-0.39, 0.29) is 13.2 Å². The molecule has 0 radical (unpaired) electrons. The van der Waals surface area contributed by atoms with Crippen molar-refractivity contribution in [3.05, 3.63) is 0 Å². The quantitative estimate of drug-likeness (QED) is 0.553. The fourth-order valence-corrected chi connectivity index (χ4v) is 0.760. The highest BCUT2D eigenvalue weighted by molar-refractivity contribution is 5.70. The van der Waals surface area contributed by atoms with E-state index in [1.807, 2.05) is 0 Å². The van der Waals surface area contributed by atoms with Crippen molar-refractivity contribution in [1.29, 1.82) is 0 Å². The van der Waals surface area contributed by atoms with Crippen LogP contribution in [0.15, 0.2) is 0 Å². The van der Waals surface area contributed by atoms with Gasteiger partial charge in [0.2, 0.25) is 0 Å². The number of hydrogen-bond acceptors (Lipinski definition) is 3. The lowest BCUT2D eigenvalue weighted by molar-refractivity contribution is -0.144. The number of carboxylic acids is 1. The van der Waals surface area contributed by atoms with Crippen molar-refractivity contribution in [1.82, 2.24) is 0 Å². The Labute approximate surface area is 58.7 Å². The van der Waals surface area contributed by atoms with E-state index in [0.29, 0.717) is 13.2 Å². The molecular weight excluding hydrogens is 136 g/mol. The van der Waals surface area contributed by atoms with Gasteiger partial charge in [0.1, 0.15) is 5.92 Å². The van der Waals surface area contributed by atoms with Crippen LogP contribution in [0, 0.1) is 5.92 Å². The van der Waals surface area contributed by atoms with E-state index in [0.717, 1.165) is 0 Å². The molecule has 0 aliphatic carbocycles. The summed E-state index contributed by atoms with van der Waals surface area (Å²) in [5, 5.41) is 8.50. The van der Waals surface area contributed by atoms with Gasteiger partial charge in [-0.2, -0.15) is 0 Å². The molecule has 1 rings (SSSR count). The predicted octanol–water partition coefficient (Wildman–Crippen LogP) is -0.266. The monoisotopic (exact) mass is 146 g/mol. The van der Waals surface area contributed by atoms with Gasteiger partial charge in [0.15, 0.2) is 0 Å². The summed E-state index contributed by atoms with van der Waals surface area (Å²) in [5.74, 6) is -1.33. The molecule has 1 N–H and O–H groups in total. The molecule has 0 amide bonds. The molecule has 1 heterocycles. The smallest absolute Gasteiger partial charge is 0.311 e. The van der Waals surface area contributed by atoms with E-state index >= 15 is 0 Å². The maximum atomic E-state index is 10.3. The molecule has 0 spiro atoms. The zero-order valence-electron chi connectivity index (χ0n) is 5.58. The Hall–Kier alpha value is -0.610. The summed E-state index contributed by atoms with van der Waals surface area (Å²) < 4.78 is 9.93. The van der Waals surface area contributed by atoms with Crippen molar-refractivity contribution in [2.45, 2.75) is 0 Å². The lowest BCUT2D eigenvalue weighted by Crippen LogP contribution is -2.22. The Morgan fingerprint density at radius 3 is 2.20 bits per heavy atom. The zero-order chi connectivity index (χ0) is 7.40. The summed E-state index contributed by atoms with van der Waals surface area (Å²) in [6, 6.07) is 0. The van der Waals surface area contributed by atoms with Crippen LogP contribution in [0.3, 0.4) is 0 Å². The first-order chi connectivity index (χ1) is 4.80. The molecule has 58 valence electrons. The number of hydrogen-bond donors (Lipinski definition) is 1. The second-order valence-electron chi connectivity index (χ2n) is 2.18. The Morgan fingerprint density at radius 2 is 1.80 bits per heavy atom. The largest absolute Gasteiger partial charge is 0.481 e. The van der Waals surface area contributed by atoms with Gasteiger partial charge in [0, 0.05) is 0 Å². The third-order valence-corrected chi connectivity index (χ3v) is 1.36. The van der Waals surface area contributed by atoms with Crippen LogP contribution in [0.4, 0.5) is 0 Å². The van der Waals surface area contributed by atoms with Crippen LogP contribution in [-0.2, 0) is 14.3 Å². The minimum atomic E-state index is -0.845. The van der Waals surface area contributed by atoms with Crippen molar-refractivity contribution < 1.29 is 19.4 Å². The van der Waals surface area contributed by atoms with E-state index in [4.69, 9.17) is 14.6 Å². The van der Waals surface area contributed by atoms with Crippen molar-refractivity contribution in [2.24, 2.45) is 5.92 Å². The predicted molar refractivity (Wildman–Crippen MR) is 32.8 cm³/mol. The highest BCUT2D eigenvalue weighted by Gasteiger charge is 2.19. The third kappa shape index (κ3) is 1.97. The molecule has 0 aromatic carbocycles. The van der Waals surface area contributed by atoms with Crippen LogP contribution >= 0.6 is 0 Å². The van der Waals surface area contributed by atoms with Gasteiger partial charge in [-0.1, -0.05) is 0 Å². The zero-order valence-corrected chi connectivity index (χ0v) is 5.58. The molecule has 1 saturated heterocycles. The van der Waals surface area contributed by atoms with E-state index in [1.165, 1.54) is 0 Å². The van der Waals surface area contributed by atoms with Crippen molar-refractivity contribution in [3.8, 4) is 0 Å². The number of carbonyl (C=O) groups is 1. The summed E-state index contributed by atoms with van der Waals surface area (Å²) in [7, 11) is 0. The summed E-state index contributed by atoms with van der Waals surface area (Å²) in [5.41, 5.74) is 0. The highest BCUT2D eigenvalue weighted by Crippen LogP contribution is 2.02. The van der Waals surface area contributed by atoms with Crippen molar-refractivity contribution in [3.63, 3.8) is 0 Å². The molecule has 0 unspecified atom stereocenters. The average molecular weight is 146 g/mol. The molecular formula is C6H10O4. The molecule has 0 bridgehead atoms. The van der Waals surface area contributed by atoms with Crippen LogP contribution in [0.2, 0.25) is 0 Å². The summed E-state index contributed by atoms with van der Waals surface area (Å²) in [4.78, 5) is 10.3. The Balaban J connectivity index is 2.35. The second-order valence-corrected chi connectivity index (χ2v) is 2.18. The molecule has 4 heteroatoms. The summed E-state index contributed by atoms with van der Waals surface area (Å²) >= 11 is 0. The standard InChI is InChI=1S/C6H10O4/c7-6(8)5-3-9-1-2-10-4-5/h5H,1-4H2,(H,7,8). The highest BCUT2D eigenvalue weighted by atomic mass is 16.5. The molecule has 10 heavy (non-hydrogen) atoms. The van der Waals surface area contributed by atoms with Gasteiger partial charge >= 0.3 is 5.97 Å². The van der Waals surface area contributed by atoms with Crippen LogP contribution in [0.1, 0.15) is 0 Å². The fourth-order valence-electron chi connectivity index (χ4n) is 0.760. The van der Waals surface area contributed by atoms with E-state index in [9.17, 15) is 4.79 Å². The van der Waals surface area contributed by atoms with Gasteiger partial charge in [0.25, 0.3) is 0 Å². The molecule has 4 nitrogen and oxygen atoms in total. The topological polar surface area (TPSA) is 55.8 Å². The minimum Gasteiger partial charge on any atom is -0.481 e. The van der Waals surface area contributed by atoms with E-state index < -0.39 is 11.9 Å².